The quantitative estimate of drug-likeness (QED) is 0.118. The zero-order valence-electron chi connectivity index (χ0n) is 46.2. The first-order valence-corrected chi connectivity index (χ1v) is 37.0. The summed E-state index contributed by atoms with van der Waals surface area (Å²) in [7, 11) is -7.69. The molecular formula is C56H90O8Si4. The molecule has 8 nitrogen and oxygen atoms in total. The van der Waals surface area contributed by atoms with Crippen molar-refractivity contribution >= 4 is 39.2 Å². The van der Waals surface area contributed by atoms with Gasteiger partial charge in [-0.2, -0.15) is 0 Å². The molecule has 0 radical (unpaired) electrons. The minimum atomic E-state index is -1.97. The van der Waals surface area contributed by atoms with Crippen molar-refractivity contribution < 1.29 is 36.7 Å². The van der Waals surface area contributed by atoms with Gasteiger partial charge in [0.2, 0.25) is 0 Å². The summed E-state index contributed by atoms with van der Waals surface area (Å²) in [6.07, 6.45) is 8.02. The Labute approximate surface area is 418 Å². The second-order valence-electron chi connectivity index (χ2n) is 26.0. The molecule has 2 aromatic carbocycles. The van der Waals surface area contributed by atoms with E-state index in [9.17, 15) is 4.79 Å². The largest absolute Gasteiger partial charge is 0.488 e. The standard InChI is InChI=1S/C30H48O5Si2.C26H42O3Si2/c1-12-32-26(31)18-14-16-21-15-13-17-22-27-23(20-33-36(8,9)29(2,3)4)24(19-25(27)34-28(21)22)35-37(10,11)30(5,6)7;1-12-18-14-13-15-19-23-20(17-27-30(8,9)25(2,3)4)21(16-22(23)28-24(18)19)29-31(10,11)26(5,6)7/h13,15,17,23-25,27H,12,18-20H2,1-11H3;1,13-15,20-23H,16-17H2,2-11H3/t23-,24+,25-,27+;20-,21+,22-,23+/m00/s1. The van der Waals surface area contributed by atoms with Gasteiger partial charge in [-0.3, -0.25) is 4.79 Å². The summed E-state index contributed by atoms with van der Waals surface area (Å²) < 4.78 is 45.7. The van der Waals surface area contributed by atoms with Crippen molar-refractivity contribution in [2.45, 2.75) is 218 Å². The maximum atomic E-state index is 11.7. The summed E-state index contributed by atoms with van der Waals surface area (Å²) in [6.45, 7) is 49.8. The maximum absolute atomic E-state index is 11.7. The first kappa shape index (κ1) is 56.3. The van der Waals surface area contributed by atoms with E-state index in [0.29, 0.717) is 13.2 Å². The van der Waals surface area contributed by atoms with Gasteiger partial charge in [-0.05, 0) is 91.6 Å². The molecule has 0 aromatic heterocycles. The highest BCUT2D eigenvalue weighted by atomic mass is 28.4. The molecule has 8 atom stereocenters. The van der Waals surface area contributed by atoms with Crippen LogP contribution >= 0.6 is 0 Å². The number of hydrogen-bond donors (Lipinski definition) is 0. The SMILES string of the molecule is C#Cc1cccc2c1O[C@H]1C[C@@H](O[Si](C)(C)C(C)(C)C)[C@H](CO[Si](C)(C)C(C)(C)C)[C@@H]21.CCOC(=O)CC#Cc1cccc2c1O[C@H]1C[C@@H](O[Si](C)(C)C(C)(C)C)[C@H](CO[Si](C)(C)C(C)(C)C)[C@@H]21. The van der Waals surface area contributed by atoms with Crippen LogP contribution in [0.2, 0.25) is 72.5 Å². The monoisotopic (exact) mass is 1000 g/mol. The molecule has 2 fully saturated rings. The lowest BCUT2D eigenvalue weighted by atomic mass is 9.88. The summed E-state index contributed by atoms with van der Waals surface area (Å²) in [4.78, 5) is 11.7. The predicted molar refractivity (Wildman–Crippen MR) is 290 cm³/mol. The molecule has 2 aliphatic carbocycles. The second-order valence-corrected chi connectivity index (χ2v) is 45.1. The lowest BCUT2D eigenvalue weighted by Gasteiger charge is -2.42. The van der Waals surface area contributed by atoms with Gasteiger partial charge in [0.05, 0.1) is 29.9 Å². The van der Waals surface area contributed by atoms with Crippen molar-refractivity contribution in [3.8, 4) is 35.7 Å². The lowest BCUT2D eigenvalue weighted by Crippen LogP contribution is -2.47. The first-order valence-electron chi connectivity index (χ1n) is 25.4. The summed E-state index contributed by atoms with van der Waals surface area (Å²) in [5, 5.41) is 0.634. The molecule has 2 aliphatic heterocycles. The van der Waals surface area contributed by atoms with Gasteiger partial charge < -0.3 is 31.9 Å². The van der Waals surface area contributed by atoms with Gasteiger partial charge >= 0.3 is 5.97 Å². The van der Waals surface area contributed by atoms with Crippen LogP contribution in [0.1, 0.15) is 143 Å². The summed E-state index contributed by atoms with van der Waals surface area (Å²) in [6, 6.07) is 12.4. The molecule has 0 bridgehead atoms. The summed E-state index contributed by atoms with van der Waals surface area (Å²) in [5.74, 6) is 11.4. The van der Waals surface area contributed by atoms with E-state index in [0.717, 1.165) is 42.1 Å². The summed E-state index contributed by atoms with van der Waals surface area (Å²) in [5.41, 5.74) is 4.13. The Bertz CT molecular complexity index is 2200. The Morgan fingerprint density at radius 2 is 1.00 bits per heavy atom. The van der Waals surface area contributed by atoms with E-state index in [1.807, 2.05) is 18.2 Å². The number of benzene rings is 2. The maximum Gasteiger partial charge on any atom is 0.317 e. The van der Waals surface area contributed by atoms with Crippen LogP contribution in [0.25, 0.3) is 0 Å². The fraction of sp³-hybridized carbons (Fsp3) is 0.696. The summed E-state index contributed by atoms with van der Waals surface area (Å²) >= 11 is 0. The molecule has 12 heteroatoms. The molecule has 6 rings (SSSR count). The minimum absolute atomic E-state index is 0.0470. The highest BCUT2D eigenvalue weighted by Crippen LogP contribution is 2.56. The third-order valence-corrected chi connectivity index (χ3v) is 35.3. The normalized spacial score (nSPS) is 24.8. The van der Waals surface area contributed by atoms with E-state index in [1.54, 1.807) is 6.92 Å². The Morgan fingerprint density at radius 3 is 1.37 bits per heavy atom. The third-order valence-electron chi connectivity index (χ3n) is 17.3. The number of fused-ring (bicyclic) bond motifs is 6. The van der Waals surface area contributed by atoms with Crippen molar-refractivity contribution in [3.63, 3.8) is 0 Å². The van der Waals surface area contributed by atoms with Gasteiger partial charge in [-0.1, -0.05) is 125 Å². The van der Waals surface area contributed by atoms with E-state index >= 15 is 0 Å². The number of rotatable bonds is 12. The second kappa shape index (κ2) is 20.5. The topological polar surface area (TPSA) is 81.7 Å². The van der Waals surface area contributed by atoms with Crippen molar-refractivity contribution in [3.05, 3.63) is 58.7 Å². The van der Waals surface area contributed by atoms with Gasteiger partial charge in [0.15, 0.2) is 33.3 Å². The van der Waals surface area contributed by atoms with Gasteiger partial charge in [0.25, 0.3) is 0 Å². The molecule has 0 unspecified atom stereocenters. The number of carbonyl (C=O) groups is 1. The van der Waals surface area contributed by atoms with Crippen molar-refractivity contribution in [1.29, 1.82) is 0 Å². The van der Waals surface area contributed by atoms with E-state index < -0.39 is 33.3 Å². The fourth-order valence-corrected chi connectivity index (χ4v) is 13.7. The molecule has 378 valence electrons. The zero-order valence-corrected chi connectivity index (χ0v) is 50.2. The predicted octanol–water partition coefficient (Wildman–Crippen LogP) is 14.2. The molecule has 0 amide bonds. The Balaban J connectivity index is 0.000000258. The lowest BCUT2D eigenvalue weighted by molar-refractivity contribution is -0.141. The van der Waals surface area contributed by atoms with E-state index in [2.05, 4.69) is 171 Å². The Morgan fingerprint density at radius 1 is 0.618 bits per heavy atom. The van der Waals surface area contributed by atoms with E-state index in [1.165, 1.54) is 11.1 Å². The Kier molecular flexibility index (Phi) is 16.9. The molecule has 0 saturated heterocycles. The highest BCUT2D eigenvalue weighted by Gasteiger charge is 2.56. The van der Waals surface area contributed by atoms with E-state index in [4.69, 9.17) is 38.3 Å². The molecule has 2 aromatic rings. The van der Waals surface area contributed by atoms with Crippen LogP contribution in [0.15, 0.2) is 36.4 Å². The molecule has 0 N–H and O–H groups in total. The number of terminal acetylenes is 1. The Hall–Kier alpha value is -2.66. The molecule has 2 heterocycles. The van der Waals surface area contributed by atoms with Crippen LogP contribution in [0.3, 0.4) is 0 Å². The molecular weight excluding hydrogens is 913 g/mol. The number of hydrogen-bond acceptors (Lipinski definition) is 8. The van der Waals surface area contributed by atoms with Crippen molar-refractivity contribution in [1.82, 2.24) is 0 Å². The number of ether oxygens (including phenoxy) is 3. The van der Waals surface area contributed by atoms with Crippen LogP contribution in [-0.2, 0) is 27.2 Å². The van der Waals surface area contributed by atoms with Crippen LogP contribution < -0.4 is 9.47 Å². The molecule has 0 spiro atoms. The average molecular weight is 1000 g/mol. The number of para-hydroxylation sites is 2. The zero-order chi connectivity index (χ0) is 51.2. The molecule has 2 saturated carbocycles. The fourth-order valence-electron chi connectivity index (χ4n) is 8.90. The molecule has 68 heavy (non-hydrogen) atoms. The smallest absolute Gasteiger partial charge is 0.317 e. The molecule has 4 aliphatic rings. The van der Waals surface area contributed by atoms with Crippen LogP contribution in [0.5, 0.6) is 11.5 Å². The number of esters is 1. The van der Waals surface area contributed by atoms with Gasteiger partial charge in [-0.15, -0.1) is 6.42 Å². The van der Waals surface area contributed by atoms with E-state index in [-0.39, 0.29) is 80.6 Å². The highest BCUT2D eigenvalue weighted by molar-refractivity contribution is 6.75. The van der Waals surface area contributed by atoms with Crippen molar-refractivity contribution in [2.24, 2.45) is 11.8 Å². The van der Waals surface area contributed by atoms with Gasteiger partial charge in [0.1, 0.15) is 30.1 Å². The van der Waals surface area contributed by atoms with Crippen LogP contribution in [0, 0.1) is 36.0 Å². The van der Waals surface area contributed by atoms with Gasteiger partial charge in [0, 0.05) is 60.9 Å². The first-order chi connectivity index (χ1) is 31.1. The third kappa shape index (κ3) is 12.1. The van der Waals surface area contributed by atoms with Crippen molar-refractivity contribution in [2.75, 3.05) is 19.8 Å². The number of carbonyl (C=O) groups excluding carboxylic acids is 1. The van der Waals surface area contributed by atoms with Gasteiger partial charge in [-0.25, -0.2) is 0 Å². The van der Waals surface area contributed by atoms with Crippen LogP contribution in [-0.4, -0.2) is 83.5 Å². The average Bonchev–Trinajstić information content (AvgIpc) is 3.92. The van der Waals surface area contributed by atoms with Crippen LogP contribution in [0.4, 0.5) is 0 Å². The minimum Gasteiger partial charge on any atom is -0.488 e.